The van der Waals surface area contributed by atoms with Crippen LogP contribution >= 0.6 is 23.4 Å². The first-order valence-electron chi connectivity index (χ1n) is 7.30. The third-order valence-electron chi connectivity index (χ3n) is 3.40. The molecule has 2 aromatic rings. The standard InChI is InChI=1S/C17H20ClN3S/c1-5-11(4)19-16-13(7-3)17(21-20-16)22-15-10-8-9-14(18)12(15)6-2/h7-10H,3,5-6H2,1-2,4H3,(H,20,21)/b19-11-. The summed E-state index contributed by atoms with van der Waals surface area (Å²) >= 11 is 7.87. The van der Waals surface area contributed by atoms with E-state index in [4.69, 9.17) is 11.6 Å². The molecule has 0 saturated carbocycles. The molecule has 0 radical (unpaired) electrons. The lowest BCUT2D eigenvalue weighted by atomic mass is 10.2. The van der Waals surface area contributed by atoms with Crippen LogP contribution in [0.3, 0.4) is 0 Å². The predicted octanol–water partition coefficient (Wildman–Crippen LogP) is 5.92. The summed E-state index contributed by atoms with van der Waals surface area (Å²) in [6.07, 6.45) is 3.59. The van der Waals surface area contributed by atoms with Gasteiger partial charge in [-0.1, -0.05) is 55.9 Å². The summed E-state index contributed by atoms with van der Waals surface area (Å²) in [5.74, 6) is 0.761. The van der Waals surface area contributed by atoms with Crippen molar-refractivity contribution in [3.05, 3.63) is 40.9 Å². The summed E-state index contributed by atoms with van der Waals surface area (Å²) in [7, 11) is 0. The minimum Gasteiger partial charge on any atom is -0.260 e. The van der Waals surface area contributed by atoms with Crippen molar-refractivity contribution in [3.63, 3.8) is 0 Å². The minimum absolute atomic E-state index is 0.761. The first kappa shape index (κ1) is 16.8. The highest BCUT2D eigenvalue weighted by atomic mass is 35.5. The number of nitrogens with one attached hydrogen (secondary N) is 1. The van der Waals surface area contributed by atoms with Crippen molar-refractivity contribution in [2.45, 2.75) is 43.5 Å². The van der Waals surface area contributed by atoms with E-state index < -0.39 is 0 Å². The van der Waals surface area contributed by atoms with Gasteiger partial charge in [-0.2, -0.15) is 5.10 Å². The van der Waals surface area contributed by atoms with E-state index in [1.54, 1.807) is 17.8 Å². The number of aliphatic imine (C=N–C) groups is 1. The van der Waals surface area contributed by atoms with Crippen LogP contribution in [0.15, 0.2) is 39.7 Å². The van der Waals surface area contributed by atoms with Crippen LogP contribution in [0.2, 0.25) is 5.02 Å². The molecule has 0 atom stereocenters. The maximum Gasteiger partial charge on any atom is 0.156 e. The Balaban J connectivity index is 2.39. The zero-order valence-corrected chi connectivity index (χ0v) is 14.7. The van der Waals surface area contributed by atoms with Gasteiger partial charge < -0.3 is 0 Å². The molecule has 116 valence electrons. The van der Waals surface area contributed by atoms with Gasteiger partial charge in [0.05, 0.1) is 5.56 Å². The van der Waals surface area contributed by atoms with Crippen LogP contribution < -0.4 is 0 Å². The zero-order valence-electron chi connectivity index (χ0n) is 13.1. The molecule has 1 heterocycles. The lowest BCUT2D eigenvalue weighted by Gasteiger charge is -2.08. The van der Waals surface area contributed by atoms with Gasteiger partial charge in [0, 0.05) is 15.6 Å². The second kappa shape index (κ2) is 7.65. The SMILES string of the molecule is C=Cc1c(Sc2cccc(Cl)c2CC)n[nH]c1/N=C(/C)CC. The number of aromatic amines is 1. The molecule has 0 spiro atoms. The van der Waals surface area contributed by atoms with Gasteiger partial charge in [-0.25, -0.2) is 4.99 Å². The van der Waals surface area contributed by atoms with Crippen molar-refractivity contribution >= 4 is 41.0 Å². The lowest BCUT2D eigenvalue weighted by Crippen LogP contribution is -1.88. The number of halogens is 1. The topological polar surface area (TPSA) is 41.0 Å². The quantitative estimate of drug-likeness (QED) is 0.666. The van der Waals surface area contributed by atoms with Crippen molar-refractivity contribution in [2.75, 3.05) is 0 Å². The van der Waals surface area contributed by atoms with Gasteiger partial charge in [-0.05, 0) is 37.5 Å². The average Bonchev–Trinajstić information content (AvgIpc) is 2.89. The molecule has 3 nitrogen and oxygen atoms in total. The summed E-state index contributed by atoms with van der Waals surface area (Å²) in [4.78, 5) is 5.68. The second-order valence-electron chi connectivity index (χ2n) is 4.87. The Kier molecular flexibility index (Phi) is 5.86. The van der Waals surface area contributed by atoms with Crippen molar-refractivity contribution in [2.24, 2.45) is 4.99 Å². The molecule has 0 aliphatic rings. The fourth-order valence-corrected chi connectivity index (χ4v) is 3.50. The van der Waals surface area contributed by atoms with Crippen LogP contribution in [0.4, 0.5) is 5.82 Å². The van der Waals surface area contributed by atoms with Gasteiger partial charge in [-0.15, -0.1) is 0 Å². The fourth-order valence-electron chi connectivity index (χ4n) is 2.02. The van der Waals surface area contributed by atoms with Gasteiger partial charge in [0.15, 0.2) is 5.82 Å². The Labute approximate surface area is 140 Å². The summed E-state index contributed by atoms with van der Waals surface area (Å²) in [5.41, 5.74) is 3.13. The number of benzene rings is 1. The Hall–Kier alpha value is -1.52. The monoisotopic (exact) mass is 333 g/mol. The highest BCUT2D eigenvalue weighted by molar-refractivity contribution is 7.99. The van der Waals surface area contributed by atoms with Gasteiger partial charge in [-0.3, -0.25) is 5.10 Å². The molecule has 22 heavy (non-hydrogen) atoms. The number of aromatic nitrogens is 2. The van der Waals surface area contributed by atoms with E-state index >= 15 is 0 Å². The number of rotatable bonds is 6. The summed E-state index contributed by atoms with van der Waals surface area (Å²) in [6.45, 7) is 10.1. The summed E-state index contributed by atoms with van der Waals surface area (Å²) < 4.78 is 0. The molecule has 2 rings (SSSR count). The highest BCUT2D eigenvalue weighted by Gasteiger charge is 2.14. The Morgan fingerprint density at radius 2 is 2.23 bits per heavy atom. The van der Waals surface area contributed by atoms with Gasteiger partial charge >= 0.3 is 0 Å². The maximum absolute atomic E-state index is 6.28. The van der Waals surface area contributed by atoms with E-state index in [0.29, 0.717) is 0 Å². The Morgan fingerprint density at radius 1 is 1.45 bits per heavy atom. The molecule has 0 bridgehead atoms. The van der Waals surface area contributed by atoms with Crippen LogP contribution in [0, 0.1) is 0 Å². The van der Waals surface area contributed by atoms with Gasteiger partial charge in [0.2, 0.25) is 0 Å². The zero-order chi connectivity index (χ0) is 16.1. The highest BCUT2D eigenvalue weighted by Crippen LogP contribution is 2.37. The van der Waals surface area contributed by atoms with Crippen molar-refractivity contribution < 1.29 is 0 Å². The summed E-state index contributed by atoms with van der Waals surface area (Å²) in [5, 5.41) is 9.06. The fraction of sp³-hybridized carbons (Fsp3) is 0.294. The van der Waals surface area contributed by atoms with E-state index in [9.17, 15) is 0 Å². The third-order valence-corrected chi connectivity index (χ3v) is 4.86. The number of hydrogen-bond acceptors (Lipinski definition) is 3. The molecular formula is C17H20ClN3S. The first-order chi connectivity index (χ1) is 10.6. The third kappa shape index (κ3) is 3.62. The van der Waals surface area contributed by atoms with E-state index in [2.05, 4.69) is 41.7 Å². The van der Waals surface area contributed by atoms with Crippen molar-refractivity contribution in [1.82, 2.24) is 10.2 Å². The molecule has 0 aliphatic heterocycles. The van der Waals surface area contributed by atoms with E-state index in [1.165, 1.54) is 0 Å². The summed E-state index contributed by atoms with van der Waals surface area (Å²) in [6, 6.07) is 5.95. The van der Waals surface area contributed by atoms with E-state index in [-0.39, 0.29) is 0 Å². The van der Waals surface area contributed by atoms with Gasteiger partial charge in [0.25, 0.3) is 0 Å². The van der Waals surface area contributed by atoms with Crippen LogP contribution in [-0.4, -0.2) is 15.9 Å². The molecule has 0 aliphatic carbocycles. The van der Waals surface area contributed by atoms with Crippen LogP contribution in [0.25, 0.3) is 6.08 Å². The molecule has 1 aromatic carbocycles. The molecule has 0 unspecified atom stereocenters. The minimum atomic E-state index is 0.761. The first-order valence-corrected chi connectivity index (χ1v) is 8.50. The molecule has 0 saturated heterocycles. The maximum atomic E-state index is 6.28. The number of H-pyrrole nitrogens is 1. The molecule has 0 amide bonds. The molecule has 1 aromatic heterocycles. The smallest absolute Gasteiger partial charge is 0.156 e. The van der Waals surface area contributed by atoms with E-state index in [0.717, 1.165) is 50.4 Å². The predicted molar refractivity (Wildman–Crippen MR) is 96.7 cm³/mol. The Bertz CT molecular complexity index is 704. The van der Waals surface area contributed by atoms with Crippen LogP contribution in [-0.2, 0) is 6.42 Å². The Morgan fingerprint density at radius 3 is 2.86 bits per heavy atom. The largest absolute Gasteiger partial charge is 0.260 e. The number of nitrogens with zero attached hydrogens (tertiary/aromatic N) is 2. The molecular weight excluding hydrogens is 314 g/mol. The normalized spacial score (nSPS) is 11.7. The van der Waals surface area contributed by atoms with Crippen LogP contribution in [0.5, 0.6) is 0 Å². The van der Waals surface area contributed by atoms with E-state index in [1.807, 2.05) is 19.1 Å². The number of hydrogen-bond donors (Lipinski definition) is 1. The van der Waals surface area contributed by atoms with Crippen molar-refractivity contribution in [1.29, 1.82) is 0 Å². The molecule has 5 heteroatoms. The van der Waals surface area contributed by atoms with Crippen molar-refractivity contribution in [3.8, 4) is 0 Å². The van der Waals surface area contributed by atoms with Gasteiger partial charge in [0.1, 0.15) is 5.03 Å². The molecule has 1 N–H and O–H groups in total. The average molecular weight is 334 g/mol. The second-order valence-corrected chi connectivity index (χ2v) is 6.31. The molecule has 0 fully saturated rings. The lowest BCUT2D eigenvalue weighted by molar-refractivity contribution is 0.995. The van der Waals surface area contributed by atoms with Crippen LogP contribution in [0.1, 0.15) is 38.3 Å².